The van der Waals surface area contributed by atoms with Crippen molar-refractivity contribution in [2.24, 2.45) is 0 Å². The highest BCUT2D eigenvalue weighted by molar-refractivity contribution is 5.67. The van der Waals surface area contributed by atoms with Crippen molar-refractivity contribution in [2.75, 3.05) is 5.73 Å². The molecule has 0 saturated heterocycles. The third kappa shape index (κ3) is 3.07. The molecule has 0 aromatic carbocycles. The topological polar surface area (TPSA) is 60.0 Å². The summed E-state index contributed by atoms with van der Waals surface area (Å²) in [5, 5.41) is 3.19. The Morgan fingerprint density at radius 2 is 2.29 bits per heavy atom. The second-order valence-electron chi connectivity index (χ2n) is 5.19. The van der Waals surface area contributed by atoms with Gasteiger partial charge in [-0.25, -0.2) is 4.39 Å². The summed E-state index contributed by atoms with van der Waals surface area (Å²) < 4.78 is 15.0. The number of halogens is 1. The van der Waals surface area contributed by atoms with Crippen LogP contribution in [0.5, 0.6) is 0 Å². The summed E-state index contributed by atoms with van der Waals surface area (Å²) in [7, 11) is 0. The van der Waals surface area contributed by atoms with Gasteiger partial charge in [0, 0.05) is 6.07 Å². The lowest BCUT2D eigenvalue weighted by Gasteiger charge is -2.23. The average Bonchev–Trinajstić information content (AvgIpc) is 2.45. The van der Waals surface area contributed by atoms with Crippen molar-refractivity contribution in [3.8, 4) is 0 Å². The molecule has 1 aliphatic heterocycles. The smallest absolute Gasteiger partial charge is 0.257 e. The van der Waals surface area contributed by atoms with E-state index in [2.05, 4.69) is 12.2 Å². The quantitative estimate of drug-likeness (QED) is 0.899. The molecule has 0 aliphatic carbocycles. The molecule has 0 amide bonds. The second-order valence-corrected chi connectivity index (χ2v) is 5.19. The van der Waals surface area contributed by atoms with Crippen LogP contribution in [0.2, 0.25) is 0 Å². The molecule has 0 saturated carbocycles. The lowest BCUT2D eigenvalue weighted by atomic mass is 9.99. The fourth-order valence-corrected chi connectivity index (χ4v) is 2.18. The standard InChI is InChI=1S/C16H20FN3O/c1-4-10(2)7-12-11(3)19-6-5-15(12)20-9-13(17)14(18)8-16(20)21/h5-9,11,19H,4,18H2,1-3H3/b10-7+. The number of hydrogen-bond acceptors (Lipinski definition) is 3. The maximum absolute atomic E-state index is 13.7. The van der Waals surface area contributed by atoms with E-state index in [1.165, 1.54) is 10.1 Å². The number of nitrogens with two attached hydrogens (primary N) is 1. The van der Waals surface area contributed by atoms with Crippen molar-refractivity contribution in [2.45, 2.75) is 33.2 Å². The van der Waals surface area contributed by atoms with Crippen LogP contribution in [0, 0.1) is 5.82 Å². The number of rotatable bonds is 3. The Kier molecular flexibility index (Phi) is 4.31. The molecule has 5 heteroatoms. The number of aromatic nitrogens is 1. The first-order valence-electron chi connectivity index (χ1n) is 6.96. The van der Waals surface area contributed by atoms with Gasteiger partial charge in [0.1, 0.15) is 0 Å². The van der Waals surface area contributed by atoms with E-state index in [0.717, 1.165) is 24.3 Å². The van der Waals surface area contributed by atoms with Crippen LogP contribution in [0.25, 0.3) is 5.70 Å². The zero-order valence-electron chi connectivity index (χ0n) is 12.5. The molecule has 112 valence electrons. The van der Waals surface area contributed by atoms with Gasteiger partial charge >= 0.3 is 0 Å². The van der Waals surface area contributed by atoms with Crippen LogP contribution in [0.3, 0.4) is 0 Å². The Labute approximate surface area is 123 Å². The fourth-order valence-electron chi connectivity index (χ4n) is 2.18. The third-order valence-corrected chi connectivity index (χ3v) is 3.60. The van der Waals surface area contributed by atoms with Gasteiger partial charge in [0.2, 0.25) is 0 Å². The van der Waals surface area contributed by atoms with E-state index in [9.17, 15) is 9.18 Å². The summed E-state index contributed by atoms with van der Waals surface area (Å²) in [6.45, 7) is 6.09. The van der Waals surface area contributed by atoms with Crippen LogP contribution in [-0.4, -0.2) is 10.6 Å². The van der Waals surface area contributed by atoms with Crippen molar-refractivity contribution in [3.63, 3.8) is 0 Å². The van der Waals surface area contributed by atoms with Crippen LogP contribution in [0.15, 0.2) is 46.6 Å². The molecule has 1 aliphatic rings. The van der Waals surface area contributed by atoms with Crippen molar-refractivity contribution < 1.29 is 4.39 Å². The minimum atomic E-state index is -0.600. The van der Waals surface area contributed by atoms with Crippen LogP contribution in [0.1, 0.15) is 27.2 Å². The number of anilines is 1. The second kappa shape index (κ2) is 5.99. The molecule has 3 N–H and O–H groups in total. The van der Waals surface area contributed by atoms with Gasteiger partial charge in [-0.1, -0.05) is 18.6 Å². The van der Waals surface area contributed by atoms with E-state index in [1.807, 2.05) is 19.9 Å². The molecule has 0 fully saturated rings. The van der Waals surface area contributed by atoms with Gasteiger partial charge in [0.15, 0.2) is 5.82 Å². The molecule has 21 heavy (non-hydrogen) atoms. The SMILES string of the molecule is CC/C(C)=C/C1=C(n2cc(F)c(N)cc2=O)C=CNC1C. The molecule has 2 heterocycles. The van der Waals surface area contributed by atoms with E-state index in [-0.39, 0.29) is 17.3 Å². The molecule has 1 aromatic rings. The monoisotopic (exact) mass is 289 g/mol. The summed E-state index contributed by atoms with van der Waals surface area (Å²) in [6.07, 6.45) is 7.63. The number of nitrogens with one attached hydrogen (secondary N) is 1. The van der Waals surface area contributed by atoms with Crippen LogP contribution in [-0.2, 0) is 0 Å². The summed E-state index contributed by atoms with van der Waals surface area (Å²) in [4.78, 5) is 12.1. The molecule has 0 bridgehead atoms. The Balaban J connectivity index is 2.67. The zero-order valence-corrected chi connectivity index (χ0v) is 12.5. The van der Waals surface area contributed by atoms with Gasteiger partial charge < -0.3 is 11.1 Å². The Hall–Kier alpha value is -2.30. The molecule has 1 aromatic heterocycles. The third-order valence-electron chi connectivity index (χ3n) is 3.60. The van der Waals surface area contributed by atoms with E-state index < -0.39 is 5.82 Å². The normalized spacial score (nSPS) is 18.9. The van der Waals surface area contributed by atoms with Crippen molar-refractivity contribution in [1.82, 2.24) is 9.88 Å². The molecule has 4 nitrogen and oxygen atoms in total. The molecule has 0 spiro atoms. The highest BCUT2D eigenvalue weighted by Crippen LogP contribution is 2.22. The number of allylic oxidation sites excluding steroid dienone is 3. The molecule has 2 rings (SSSR count). The number of nitrogens with zero attached hydrogens (tertiary/aromatic N) is 1. The molecular weight excluding hydrogens is 269 g/mol. The van der Waals surface area contributed by atoms with Gasteiger partial charge in [-0.2, -0.15) is 0 Å². The highest BCUT2D eigenvalue weighted by Gasteiger charge is 2.17. The molecular formula is C16H20FN3O. The van der Waals surface area contributed by atoms with Crippen molar-refractivity contribution in [1.29, 1.82) is 0 Å². The molecule has 0 radical (unpaired) electrons. The zero-order chi connectivity index (χ0) is 15.6. The largest absolute Gasteiger partial charge is 0.396 e. The van der Waals surface area contributed by atoms with E-state index in [1.54, 1.807) is 12.3 Å². The summed E-state index contributed by atoms with van der Waals surface area (Å²) >= 11 is 0. The number of pyridine rings is 1. The minimum Gasteiger partial charge on any atom is -0.396 e. The number of dihydropyridines is 1. The Bertz CT molecular complexity index is 698. The maximum Gasteiger partial charge on any atom is 0.257 e. The van der Waals surface area contributed by atoms with Gasteiger partial charge in [-0.15, -0.1) is 0 Å². The summed E-state index contributed by atoms with van der Waals surface area (Å²) in [5.41, 5.74) is 7.76. The average molecular weight is 289 g/mol. The van der Waals surface area contributed by atoms with Crippen molar-refractivity contribution in [3.05, 3.63) is 57.9 Å². The van der Waals surface area contributed by atoms with E-state index in [0.29, 0.717) is 5.70 Å². The first-order valence-corrected chi connectivity index (χ1v) is 6.96. The number of hydrogen-bond donors (Lipinski definition) is 2. The number of nitrogen functional groups attached to an aromatic ring is 1. The lowest BCUT2D eigenvalue weighted by Crippen LogP contribution is -2.30. The van der Waals surface area contributed by atoms with Gasteiger partial charge in [0.25, 0.3) is 5.56 Å². The summed E-state index contributed by atoms with van der Waals surface area (Å²) in [5.74, 6) is -0.600. The van der Waals surface area contributed by atoms with Crippen LogP contribution in [0.4, 0.5) is 10.1 Å². The van der Waals surface area contributed by atoms with Gasteiger partial charge in [0.05, 0.1) is 23.6 Å². The van der Waals surface area contributed by atoms with Crippen LogP contribution < -0.4 is 16.6 Å². The minimum absolute atomic E-state index is 0.0408. The highest BCUT2D eigenvalue weighted by atomic mass is 19.1. The van der Waals surface area contributed by atoms with E-state index >= 15 is 0 Å². The predicted octanol–water partition coefficient (Wildman–Crippen LogP) is 2.64. The Morgan fingerprint density at radius 1 is 1.57 bits per heavy atom. The fraction of sp³-hybridized carbons (Fsp3) is 0.312. The van der Waals surface area contributed by atoms with Crippen molar-refractivity contribution >= 4 is 11.4 Å². The molecule has 1 unspecified atom stereocenters. The lowest BCUT2D eigenvalue weighted by molar-refractivity contribution is 0.618. The maximum atomic E-state index is 13.7. The van der Waals surface area contributed by atoms with Gasteiger partial charge in [-0.05, 0) is 38.1 Å². The predicted molar refractivity (Wildman–Crippen MR) is 84.1 cm³/mol. The van der Waals surface area contributed by atoms with E-state index in [4.69, 9.17) is 5.73 Å². The van der Waals surface area contributed by atoms with Crippen LogP contribution >= 0.6 is 0 Å². The van der Waals surface area contributed by atoms with Gasteiger partial charge in [-0.3, -0.25) is 9.36 Å². The Morgan fingerprint density at radius 3 is 2.95 bits per heavy atom. The first-order chi connectivity index (χ1) is 9.93. The molecule has 1 atom stereocenters. The summed E-state index contributed by atoms with van der Waals surface area (Å²) in [6, 6.07) is 1.15. The first kappa shape index (κ1) is 15.1.